The second-order valence-electron chi connectivity index (χ2n) is 3.79. The quantitative estimate of drug-likeness (QED) is 0.835. The lowest BCUT2D eigenvalue weighted by atomic mass is 10.2. The molecule has 1 aliphatic rings. The van der Waals surface area contributed by atoms with Gasteiger partial charge in [0.15, 0.2) is 0 Å². The fourth-order valence-electron chi connectivity index (χ4n) is 1.70. The summed E-state index contributed by atoms with van der Waals surface area (Å²) in [5.41, 5.74) is 0.955. The van der Waals surface area contributed by atoms with Crippen molar-refractivity contribution in [2.45, 2.75) is 26.3 Å². The van der Waals surface area contributed by atoms with E-state index in [2.05, 4.69) is 15.3 Å². The number of rotatable bonds is 4. The summed E-state index contributed by atoms with van der Waals surface area (Å²) in [7, 11) is 0. The van der Waals surface area contributed by atoms with Crippen molar-refractivity contribution in [2.75, 3.05) is 25.1 Å². The van der Waals surface area contributed by atoms with E-state index in [1.807, 2.05) is 13.8 Å². The topological polar surface area (TPSA) is 56.3 Å². The molecule has 0 bridgehead atoms. The van der Waals surface area contributed by atoms with Crippen molar-refractivity contribution < 1.29 is 9.47 Å². The van der Waals surface area contributed by atoms with Gasteiger partial charge in [-0.25, -0.2) is 9.97 Å². The summed E-state index contributed by atoms with van der Waals surface area (Å²) in [6.45, 7) is 6.08. The van der Waals surface area contributed by atoms with Crippen molar-refractivity contribution in [2.24, 2.45) is 0 Å². The minimum atomic E-state index is 0.350. The Morgan fingerprint density at radius 3 is 3.12 bits per heavy atom. The molecule has 0 spiro atoms. The van der Waals surface area contributed by atoms with Crippen LogP contribution in [0.3, 0.4) is 0 Å². The molecule has 0 amide bonds. The molecule has 1 aliphatic heterocycles. The second-order valence-corrected chi connectivity index (χ2v) is 3.79. The predicted molar refractivity (Wildman–Crippen MR) is 60.8 cm³/mol. The maximum absolute atomic E-state index is 5.42. The molecular formula is C11H17N3O2. The lowest BCUT2D eigenvalue weighted by Crippen LogP contribution is -2.20. The molecule has 16 heavy (non-hydrogen) atoms. The molecule has 1 aromatic heterocycles. The van der Waals surface area contributed by atoms with E-state index < -0.39 is 0 Å². The molecule has 1 N–H and O–H groups in total. The Bertz CT molecular complexity index is 351. The number of hydrogen-bond donors (Lipinski definition) is 1. The molecule has 1 fully saturated rings. The van der Waals surface area contributed by atoms with Gasteiger partial charge in [0.2, 0.25) is 5.88 Å². The molecule has 0 radical (unpaired) electrons. The average Bonchev–Trinajstić information content (AvgIpc) is 2.77. The zero-order valence-corrected chi connectivity index (χ0v) is 9.69. The maximum Gasteiger partial charge on any atom is 0.221 e. The van der Waals surface area contributed by atoms with Crippen LogP contribution in [0.1, 0.15) is 18.9 Å². The van der Waals surface area contributed by atoms with Gasteiger partial charge in [-0.05, 0) is 20.3 Å². The normalized spacial score (nSPS) is 19.8. The molecule has 5 heteroatoms. The third-order valence-electron chi connectivity index (χ3n) is 2.59. The third-order valence-corrected chi connectivity index (χ3v) is 2.59. The van der Waals surface area contributed by atoms with Gasteiger partial charge < -0.3 is 14.8 Å². The molecule has 5 nitrogen and oxygen atoms in total. The molecule has 1 aromatic rings. The zero-order valence-electron chi connectivity index (χ0n) is 9.69. The number of anilines is 1. The Balaban J connectivity index is 2.10. The summed E-state index contributed by atoms with van der Waals surface area (Å²) in [5, 5.41) is 3.35. The van der Waals surface area contributed by atoms with E-state index in [-0.39, 0.29) is 0 Å². The minimum absolute atomic E-state index is 0.350. The Hall–Kier alpha value is -1.36. The number of nitrogens with one attached hydrogen (secondary N) is 1. The summed E-state index contributed by atoms with van der Waals surface area (Å²) in [6.07, 6.45) is 2.55. The van der Waals surface area contributed by atoms with E-state index >= 15 is 0 Å². The molecule has 0 saturated carbocycles. The van der Waals surface area contributed by atoms with Crippen molar-refractivity contribution in [3.05, 3.63) is 11.9 Å². The van der Waals surface area contributed by atoms with Gasteiger partial charge in [-0.3, -0.25) is 0 Å². The van der Waals surface area contributed by atoms with Gasteiger partial charge in [0, 0.05) is 6.61 Å². The van der Waals surface area contributed by atoms with Crippen LogP contribution in [0.15, 0.2) is 6.33 Å². The van der Waals surface area contributed by atoms with Gasteiger partial charge in [-0.1, -0.05) is 0 Å². The van der Waals surface area contributed by atoms with Gasteiger partial charge >= 0.3 is 0 Å². The molecule has 0 aliphatic carbocycles. The molecule has 88 valence electrons. The zero-order chi connectivity index (χ0) is 11.4. The first-order valence-corrected chi connectivity index (χ1v) is 5.60. The molecule has 2 rings (SSSR count). The minimum Gasteiger partial charge on any atom is -0.478 e. The van der Waals surface area contributed by atoms with Gasteiger partial charge in [0.25, 0.3) is 0 Å². The van der Waals surface area contributed by atoms with E-state index in [1.54, 1.807) is 0 Å². The van der Waals surface area contributed by atoms with E-state index in [1.165, 1.54) is 6.33 Å². The lowest BCUT2D eigenvalue weighted by molar-refractivity contribution is 0.195. The van der Waals surface area contributed by atoms with Crippen LogP contribution in [0.2, 0.25) is 0 Å². The van der Waals surface area contributed by atoms with Crippen LogP contribution < -0.4 is 10.1 Å². The van der Waals surface area contributed by atoms with E-state index in [9.17, 15) is 0 Å². The lowest BCUT2D eigenvalue weighted by Gasteiger charge is -2.14. The van der Waals surface area contributed by atoms with Crippen LogP contribution in [0.5, 0.6) is 5.88 Å². The fourth-order valence-corrected chi connectivity index (χ4v) is 1.70. The van der Waals surface area contributed by atoms with Crippen LogP contribution in [-0.4, -0.2) is 35.8 Å². The average molecular weight is 223 g/mol. The fraction of sp³-hybridized carbons (Fsp3) is 0.636. The Morgan fingerprint density at radius 2 is 2.44 bits per heavy atom. The molecular weight excluding hydrogens is 206 g/mol. The SMILES string of the molecule is CCOc1ncnc(NC2CCOC2)c1C. The monoisotopic (exact) mass is 223 g/mol. The van der Waals surface area contributed by atoms with Gasteiger partial charge in [0.05, 0.1) is 24.8 Å². The van der Waals surface area contributed by atoms with Gasteiger partial charge in [-0.2, -0.15) is 0 Å². The van der Waals surface area contributed by atoms with Crippen molar-refractivity contribution >= 4 is 5.82 Å². The first-order valence-electron chi connectivity index (χ1n) is 5.60. The molecule has 1 atom stereocenters. The second kappa shape index (κ2) is 5.12. The largest absolute Gasteiger partial charge is 0.478 e. The van der Waals surface area contributed by atoms with Gasteiger partial charge in [0.1, 0.15) is 12.1 Å². The highest BCUT2D eigenvalue weighted by Crippen LogP contribution is 2.22. The Morgan fingerprint density at radius 1 is 1.56 bits per heavy atom. The van der Waals surface area contributed by atoms with E-state index in [0.29, 0.717) is 18.5 Å². The summed E-state index contributed by atoms with van der Waals surface area (Å²) in [6, 6.07) is 0.350. The van der Waals surface area contributed by atoms with E-state index in [0.717, 1.165) is 31.0 Å². The van der Waals surface area contributed by atoms with Crippen molar-refractivity contribution in [3.63, 3.8) is 0 Å². The predicted octanol–water partition coefficient (Wildman–Crippen LogP) is 1.38. The standard InChI is InChI=1S/C11H17N3O2/c1-3-16-11-8(2)10(12-7-13-11)14-9-4-5-15-6-9/h7,9H,3-6H2,1-2H3,(H,12,13,14). The van der Waals surface area contributed by atoms with E-state index in [4.69, 9.17) is 9.47 Å². The van der Waals surface area contributed by atoms with Crippen molar-refractivity contribution in [1.82, 2.24) is 9.97 Å². The summed E-state index contributed by atoms with van der Waals surface area (Å²) in [5.74, 6) is 1.49. The number of hydrogen-bond acceptors (Lipinski definition) is 5. The maximum atomic E-state index is 5.42. The number of nitrogens with zero attached hydrogens (tertiary/aromatic N) is 2. The summed E-state index contributed by atoms with van der Waals surface area (Å²) >= 11 is 0. The van der Waals surface area contributed by atoms with Crippen LogP contribution >= 0.6 is 0 Å². The van der Waals surface area contributed by atoms with Crippen LogP contribution in [0.25, 0.3) is 0 Å². The number of ether oxygens (including phenoxy) is 2. The van der Waals surface area contributed by atoms with Crippen LogP contribution in [-0.2, 0) is 4.74 Å². The van der Waals surface area contributed by atoms with Gasteiger partial charge in [-0.15, -0.1) is 0 Å². The highest BCUT2D eigenvalue weighted by Gasteiger charge is 2.17. The molecule has 1 unspecified atom stereocenters. The summed E-state index contributed by atoms with van der Waals surface area (Å²) in [4.78, 5) is 8.33. The Kier molecular flexibility index (Phi) is 3.56. The van der Waals surface area contributed by atoms with Crippen molar-refractivity contribution in [3.8, 4) is 5.88 Å². The van der Waals surface area contributed by atoms with Crippen LogP contribution in [0, 0.1) is 6.92 Å². The number of aromatic nitrogens is 2. The molecule has 2 heterocycles. The first kappa shape index (κ1) is 11.1. The van der Waals surface area contributed by atoms with Crippen molar-refractivity contribution in [1.29, 1.82) is 0 Å². The smallest absolute Gasteiger partial charge is 0.221 e. The molecule has 1 saturated heterocycles. The highest BCUT2D eigenvalue weighted by atomic mass is 16.5. The first-order chi connectivity index (χ1) is 7.81. The summed E-state index contributed by atoms with van der Waals surface area (Å²) < 4.78 is 10.7. The highest BCUT2D eigenvalue weighted by molar-refractivity contribution is 5.48. The Labute approximate surface area is 95.2 Å². The third kappa shape index (κ3) is 2.41. The van der Waals surface area contributed by atoms with Crippen LogP contribution in [0.4, 0.5) is 5.82 Å². The molecule has 0 aromatic carbocycles.